The third kappa shape index (κ3) is 5.39. The second kappa shape index (κ2) is 7.85. The SMILES string of the molecule is CCOC(O)COc1ccc2c(c1)CCN(C(=O)OC(C)(C)C)C2. The van der Waals surface area contributed by atoms with Gasteiger partial charge >= 0.3 is 6.09 Å². The summed E-state index contributed by atoms with van der Waals surface area (Å²) in [5.41, 5.74) is 1.75. The monoisotopic (exact) mass is 337 g/mol. The summed E-state index contributed by atoms with van der Waals surface area (Å²) in [6.07, 6.45) is -0.457. The van der Waals surface area contributed by atoms with Crippen molar-refractivity contribution < 1.29 is 24.1 Å². The van der Waals surface area contributed by atoms with Crippen molar-refractivity contribution in [1.82, 2.24) is 4.90 Å². The molecule has 6 heteroatoms. The van der Waals surface area contributed by atoms with Crippen LogP contribution in [0.15, 0.2) is 18.2 Å². The Morgan fingerprint density at radius 2 is 2.08 bits per heavy atom. The number of carbonyl (C=O) groups is 1. The fourth-order valence-electron chi connectivity index (χ4n) is 2.51. The first-order valence-electron chi connectivity index (χ1n) is 8.30. The Morgan fingerprint density at radius 1 is 1.33 bits per heavy atom. The lowest BCUT2D eigenvalue weighted by Gasteiger charge is -2.31. The molecule has 1 aromatic carbocycles. The van der Waals surface area contributed by atoms with Crippen LogP contribution < -0.4 is 4.74 Å². The van der Waals surface area contributed by atoms with Gasteiger partial charge in [0.15, 0.2) is 6.29 Å². The number of ether oxygens (including phenoxy) is 3. The molecule has 0 aliphatic carbocycles. The van der Waals surface area contributed by atoms with Crippen LogP contribution in [0.25, 0.3) is 0 Å². The molecule has 0 aromatic heterocycles. The predicted octanol–water partition coefficient (Wildman–Crippen LogP) is 2.71. The standard InChI is InChI=1S/C18H27NO5/c1-5-22-16(20)12-23-15-7-6-14-11-19(9-8-13(14)10-15)17(21)24-18(2,3)4/h6-7,10,16,20H,5,8-9,11-12H2,1-4H3. The topological polar surface area (TPSA) is 68.2 Å². The number of hydrogen-bond acceptors (Lipinski definition) is 5. The zero-order valence-corrected chi connectivity index (χ0v) is 14.9. The molecule has 24 heavy (non-hydrogen) atoms. The molecule has 134 valence electrons. The van der Waals surface area contributed by atoms with E-state index in [0.29, 0.717) is 25.4 Å². The zero-order chi connectivity index (χ0) is 17.7. The third-order valence-electron chi connectivity index (χ3n) is 3.59. The molecule has 0 bridgehead atoms. The van der Waals surface area contributed by atoms with Crippen LogP contribution in [-0.2, 0) is 22.4 Å². The summed E-state index contributed by atoms with van der Waals surface area (Å²) in [6, 6.07) is 5.75. The van der Waals surface area contributed by atoms with Crippen LogP contribution in [0.5, 0.6) is 5.75 Å². The molecule has 0 radical (unpaired) electrons. The van der Waals surface area contributed by atoms with E-state index in [1.54, 1.807) is 4.90 Å². The lowest BCUT2D eigenvalue weighted by Crippen LogP contribution is -2.39. The van der Waals surface area contributed by atoms with Gasteiger partial charge in [-0.25, -0.2) is 4.79 Å². The molecule has 0 spiro atoms. The fraction of sp³-hybridized carbons (Fsp3) is 0.611. The summed E-state index contributed by atoms with van der Waals surface area (Å²) in [4.78, 5) is 13.9. The largest absolute Gasteiger partial charge is 0.488 e. The lowest BCUT2D eigenvalue weighted by molar-refractivity contribution is -0.115. The van der Waals surface area contributed by atoms with E-state index in [0.717, 1.165) is 17.5 Å². The highest BCUT2D eigenvalue weighted by Crippen LogP contribution is 2.25. The smallest absolute Gasteiger partial charge is 0.410 e. The third-order valence-corrected chi connectivity index (χ3v) is 3.59. The van der Waals surface area contributed by atoms with Gasteiger partial charge in [0.05, 0.1) is 0 Å². The van der Waals surface area contributed by atoms with E-state index in [-0.39, 0.29) is 12.7 Å². The Hall–Kier alpha value is -1.79. The summed E-state index contributed by atoms with van der Waals surface area (Å²) >= 11 is 0. The second-order valence-electron chi connectivity index (χ2n) is 6.80. The maximum absolute atomic E-state index is 12.2. The second-order valence-corrected chi connectivity index (χ2v) is 6.80. The minimum absolute atomic E-state index is 0.0939. The molecule has 0 saturated carbocycles. The van der Waals surface area contributed by atoms with Crippen molar-refractivity contribution in [2.45, 2.75) is 52.6 Å². The highest BCUT2D eigenvalue weighted by Gasteiger charge is 2.25. The molecule has 1 aromatic rings. The van der Waals surface area contributed by atoms with E-state index in [1.807, 2.05) is 45.9 Å². The molecule has 1 unspecified atom stereocenters. The summed E-state index contributed by atoms with van der Waals surface area (Å²) in [5, 5.41) is 9.53. The van der Waals surface area contributed by atoms with Crippen LogP contribution in [0.3, 0.4) is 0 Å². The minimum Gasteiger partial charge on any atom is -0.488 e. The summed E-state index contributed by atoms with van der Waals surface area (Å²) < 4.78 is 16.0. The van der Waals surface area contributed by atoms with Crippen molar-refractivity contribution in [2.75, 3.05) is 19.8 Å². The molecule has 1 aliphatic rings. The lowest BCUT2D eigenvalue weighted by atomic mass is 10.00. The molecule has 1 aliphatic heterocycles. The summed E-state index contributed by atoms with van der Waals surface area (Å²) in [5.74, 6) is 0.693. The van der Waals surface area contributed by atoms with Crippen molar-refractivity contribution >= 4 is 6.09 Å². The van der Waals surface area contributed by atoms with E-state index in [2.05, 4.69) is 0 Å². The van der Waals surface area contributed by atoms with Gasteiger partial charge in [-0.3, -0.25) is 0 Å². The first-order valence-corrected chi connectivity index (χ1v) is 8.30. The fourth-order valence-corrected chi connectivity index (χ4v) is 2.51. The van der Waals surface area contributed by atoms with E-state index in [9.17, 15) is 9.90 Å². The van der Waals surface area contributed by atoms with E-state index >= 15 is 0 Å². The average Bonchev–Trinajstić information content (AvgIpc) is 2.51. The van der Waals surface area contributed by atoms with Gasteiger partial charge in [-0.2, -0.15) is 0 Å². The van der Waals surface area contributed by atoms with Gasteiger partial charge < -0.3 is 24.2 Å². The molecule has 2 rings (SSSR count). The number of amides is 1. The molecule has 1 amide bonds. The van der Waals surface area contributed by atoms with Gasteiger partial charge in [-0.05, 0) is 57.4 Å². The number of aliphatic hydroxyl groups is 1. The van der Waals surface area contributed by atoms with Gasteiger partial charge in [-0.15, -0.1) is 0 Å². The number of carbonyl (C=O) groups excluding carboxylic acids is 1. The van der Waals surface area contributed by atoms with E-state index in [4.69, 9.17) is 14.2 Å². The molecular formula is C18H27NO5. The molecule has 1 N–H and O–H groups in total. The van der Waals surface area contributed by atoms with Crippen molar-refractivity contribution in [1.29, 1.82) is 0 Å². The van der Waals surface area contributed by atoms with Crippen LogP contribution in [0.2, 0.25) is 0 Å². The van der Waals surface area contributed by atoms with Crippen molar-refractivity contribution in [2.24, 2.45) is 0 Å². The van der Waals surface area contributed by atoms with Gasteiger partial charge in [0.2, 0.25) is 0 Å². The van der Waals surface area contributed by atoms with Crippen LogP contribution >= 0.6 is 0 Å². The van der Waals surface area contributed by atoms with Crippen molar-refractivity contribution in [3.8, 4) is 5.75 Å². The molecule has 1 atom stereocenters. The van der Waals surface area contributed by atoms with Crippen molar-refractivity contribution in [3.63, 3.8) is 0 Å². The number of benzene rings is 1. The number of aliphatic hydroxyl groups excluding tert-OH is 1. The van der Waals surface area contributed by atoms with Crippen LogP contribution in [0, 0.1) is 0 Å². The van der Waals surface area contributed by atoms with Gasteiger partial charge in [0.1, 0.15) is 18.0 Å². The molecule has 0 saturated heterocycles. The first-order chi connectivity index (χ1) is 11.3. The van der Waals surface area contributed by atoms with Gasteiger partial charge in [-0.1, -0.05) is 6.07 Å². The number of nitrogens with zero attached hydrogens (tertiary/aromatic N) is 1. The quantitative estimate of drug-likeness (QED) is 0.837. The normalized spacial score (nSPS) is 15.6. The Balaban J connectivity index is 1.95. The van der Waals surface area contributed by atoms with Crippen LogP contribution in [0.1, 0.15) is 38.8 Å². The van der Waals surface area contributed by atoms with E-state index < -0.39 is 11.9 Å². The molecule has 6 nitrogen and oxygen atoms in total. The Labute approximate surface area is 143 Å². The zero-order valence-electron chi connectivity index (χ0n) is 14.9. The maximum atomic E-state index is 12.2. The molecule has 0 fully saturated rings. The first kappa shape index (κ1) is 18.5. The number of hydrogen-bond donors (Lipinski definition) is 1. The van der Waals surface area contributed by atoms with Crippen molar-refractivity contribution in [3.05, 3.63) is 29.3 Å². The minimum atomic E-state index is -0.923. The Morgan fingerprint density at radius 3 is 2.75 bits per heavy atom. The Bertz CT molecular complexity index is 567. The molecular weight excluding hydrogens is 310 g/mol. The summed E-state index contributed by atoms with van der Waals surface area (Å²) in [6.45, 7) is 9.10. The number of rotatable bonds is 5. The predicted molar refractivity (Wildman–Crippen MR) is 89.9 cm³/mol. The van der Waals surface area contributed by atoms with Gasteiger partial charge in [0.25, 0.3) is 0 Å². The van der Waals surface area contributed by atoms with E-state index in [1.165, 1.54) is 0 Å². The Kier molecular flexibility index (Phi) is 6.07. The molecule has 1 heterocycles. The highest BCUT2D eigenvalue weighted by molar-refractivity contribution is 5.68. The van der Waals surface area contributed by atoms with Gasteiger partial charge in [0, 0.05) is 19.7 Å². The average molecular weight is 337 g/mol. The van der Waals surface area contributed by atoms with Crippen LogP contribution in [-0.4, -0.2) is 47.7 Å². The highest BCUT2D eigenvalue weighted by atomic mass is 16.6. The maximum Gasteiger partial charge on any atom is 0.410 e. The number of fused-ring (bicyclic) bond motifs is 1. The summed E-state index contributed by atoms with van der Waals surface area (Å²) in [7, 11) is 0. The van der Waals surface area contributed by atoms with Crippen LogP contribution in [0.4, 0.5) is 4.79 Å².